The predicted molar refractivity (Wildman–Crippen MR) is 114 cm³/mol. The largest absolute Gasteiger partial charge is 0.350 e. The normalized spacial score (nSPS) is 17.6. The highest BCUT2D eigenvalue weighted by atomic mass is 19.1. The van der Waals surface area contributed by atoms with Crippen molar-refractivity contribution in [3.63, 3.8) is 0 Å². The van der Waals surface area contributed by atoms with Gasteiger partial charge in [-0.15, -0.1) is 0 Å². The van der Waals surface area contributed by atoms with E-state index in [9.17, 15) is 9.18 Å². The molecule has 4 rings (SSSR count). The van der Waals surface area contributed by atoms with E-state index < -0.39 is 0 Å². The van der Waals surface area contributed by atoms with E-state index in [0.29, 0.717) is 13.0 Å². The van der Waals surface area contributed by atoms with Gasteiger partial charge in [-0.3, -0.25) is 9.69 Å². The molecule has 1 aromatic heterocycles. The maximum Gasteiger partial charge on any atom is 0.227 e. The van der Waals surface area contributed by atoms with E-state index in [4.69, 9.17) is 0 Å². The number of fused-ring (bicyclic) bond motifs is 1. The smallest absolute Gasteiger partial charge is 0.227 e. The van der Waals surface area contributed by atoms with Crippen LogP contribution in [0.4, 0.5) is 4.39 Å². The zero-order chi connectivity index (χ0) is 20.4. The highest BCUT2D eigenvalue weighted by Gasteiger charge is 2.27. The Morgan fingerprint density at radius 1 is 1.14 bits per heavy atom. The Bertz CT molecular complexity index is 1010. The van der Waals surface area contributed by atoms with Gasteiger partial charge in [0.25, 0.3) is 0 Å². The van der Waals surface area contributed by atoms with Crippen molar-refractivity contribution in [3.8, 4) is 0 Å². The molecule has 1 amide bonds. The lowest BCUT2D eigenvalue weighted by Gasteiger charge is -2.37. The summed E-state index contributed by atoms with van der Waals surface area (Å²) in [5, 5.41) is 1.14. The molecule has 1 atom stereocenters. The fraction of sp³-hybridized carbons (Fsp3) is 0.375. The number of likely N-dealkylation sites (tertiary alicyclic amines) is 1. The van der Waals surface area contributed by atoms with Crippen LogP contribution in [0.25, 0.3) is 10.9 Å². The highest BCUT2D eigenvalue weighted by molar-refractivity contribution is 5.89. The number of likely N-dealkylation sites (N-methyl/N-ethyl adjacent to an activating group) is 1. The molecule has 1 aliphatic rings. The van der Waals surface area contributed by atoms with Gasteiger partial charge in [0.05, 0.1) is 6.42 Å². The lowest BCUT2D eigenvalue weighted by Crippen LogP contribution is -2.48. The van der Waals surface area contributed by atoms with E-state index in [-0.39, 0.29) is 17.8 Å². The van der Waals surface area contributed by atoms with Crippen molar-refractivity contribution >= 4 is 16.8 Å². The summed E-state index contributed by atoms with van der Waals surface area (Å²) < 4.78 is 16.1. The van der Waals surface area contributed by atoms with Crippen molar-refractivity contribution in [3.05, 3.63) is 71.7 Å². The summed E-state index contributed by atoms with van der Waals surface area (Å²) in [6.07, 6.45) is 4.47. The first-order chi connectivity index (χ1) is 14.0. The van der Waals surface area contributed by atoms with Crippen molar-refractivity contribution in [2.45, 2.75) is 31.8 Å². The molecule has 0 spiro atoms. The number of carbonyl (C=O) groups excluding carboxylic acids is 1. The van der Waals surface area contributed by atoms with E-state index in [0.717, 1.165) is 48.0 Å². The number of amides is 1. The standard InChI is InChI=1S/C24H28FN3O/c1-26-15-19(21-10-4-6-12-23(21)26)14-24(29)27(2)20-9-7-13-28(17-20)16-18-8-3-5-11-22(18)25/h3-6,8,10-12,15,20H,7,9,13-14,16-17H2,1-2H3. The van der Waals surface area contributed by atoms with Crippen molar-refractivity contribution in [2.24, 2.45) is 7.05 Å². The molecule has 1 fully saturated rings. The number of nitrogens with zero attached hydrogens (tertiary/aromatic N) is 3. The number of carbonyl (C=O) groups is 1. The fourth-order valence-corrected chi connectivity index (χ4v) is 4.42. The van der Waals surface area contributed by atoms with Gasteiger partial charge >= 0.3 is 0 Å². The third kappa shape index (κ3) is 4.20. The first-order valence-electron chi connectivity index (χ1n) is 10.3. The van der Waals surface area contributed by atoms with Crippen molar-refractivity contribution < 1.29 is 9.18 Å². The molecular formula is C24H28FN3O. The number of piperidine rings is 1. The van der Waals surface area contributed by atoms with Gasteiger partial charge in [0.1, 0.15) is 5.82 Å². The Kier molecular flexibility index (Phi) is 5.67. The molecular weight excluding hydrogens is 365 g/mol. The predicted octanol–water partition coefficient (Wildman–Crippen LogP) is 3.98. The first-order valence-corrected chi connectivity index (χ1v) is 10.3. The quantitative estimate of drug-likeness (QED) is 0.656. The van der Waals surface area contributed by atoms with Gasteiger partial charge in [-0.1, -0.05) is 36.4 Å². The number of aromatic nitrogens is 1. The molecule has 2 aromatic carbocycles. The summed E-state index contributed by atoms with van der Waals surface area (Å²) in [4.78, 5) is 17.2. The Balaban J connectivity index is 1.42. The molecule has 0 aliphatic carbocycles. The van der Waals surface area contributed by atoms with Gasteiger partial charge in [0.2, 0.25) is 5.91 Å². The number of aryl methyl sites for hydroxylation is 1. The fourth-order valence-electron chi connectivity index (χ4n) is 4.42. The summed E-state index contributed by atoms with van der Waals surface area (Å²) in [6.45, 7) is 2.32. The zero-order valence-electron chi connectivity index (χ0n) is 17.1. The molecule has 3 aromatic rings. The zero-order valence-corrected chi connectivity index (χ0v) is 17.1. The van der Waals surface area contributed by atoms with Crippen LogP contribution in [-0.2, 0) is 24.8 Å². The molecule has 0 saturated carbocycles. The third-order valence-corrected chi connectivity index (χ3v) is 6.09. The van der Waals surface area contributed by atoms with E-state index in [2.05, 4.69) is 27.8 Å². The molecule has 152 valence electrons. The Labute approximate surface area is 171 Å². The summed E-state index contributed by atoms with van der Waals surface area (Å²) in [5.74, 6) is -0.0193. The molecule has 29 heavy (non-hydrogen) atoms. The lowest BCUT2D eigenvalue weighted by molar-refractivity contribution is -0.132. The van der Waals surface area contributed by atoms with Gasteiger partial charge in [0, 0.05) is 55.9 Å². The molecule has 4 nitrogen and oxygen atoms in total. The van der Waals surface area contributed by atoms with E-state index in [1.807, 2.05) is 43.3 Å². The van der Waals surface area contributed by atoms with E-state index >= 15 is 0 Å². The third-order valence-electron chi connectivity index (χ3n) is 6.09. The van der Waals surface area contributed by atoms with Crippen molar-refractivity contribution in [1.29, 1.82) is 0 Å². The molecule has 5 heteroatoms. The molecule has 1 aliphatic heterocycles. The molecule has 2 heterocycles. The maximum atomic E-state index is 14.0. The average molecular weight is 394 g/mol. The van der Waals surface area contributed by atoms with Crippen LogP contribution in [0.3, 0.4) is 0 Å². The summed E-state index contributed by atoms with van der Waals surface area (Å²) in [5.41, 5.74) is 2.93. The van der Waals surface area contributed by atoms with Crippen LogP contribution in [0.2, 0.25) is 0 Å². The van der Waals surface area contributed by atoms with Gasteiger partial charge in [0.15, 0.2) is 0 Å². The molecule has 0 bridgehead atoms. The van der Waals surface area contributed by atoms with E-state index in [1.165, 1.54) is 6.07 Å². The number of para-hydroxylation sites is 1. The molecule has 1 saturated heterocycles. The SMILES string of the molecule is CN(C(=O)Cc1cn(C)c2ccccc12)C1CCCN(Cc2ccccc2F)C1. The monoisotopic (exact) mass is 393 g/mol. The van der Waals surface area contributed by atoms with Crippen LogP contribution in [-0.4, -0.2) is 46.5 Å². The second-order valence-electron chi connectivity index (χ2n) is 8.09. The number of rotatable bonds is 5. The van der Waals surface area contributed by atoms with Crippen LogP contribution in [0, 0.1) is 5.82 Å². The first kappa shape index (κ1) is 19.6. The van der Waals surface area contributed by atoms with Crippen molar-refractivity contribution in [2.75, 3.05) is 20.1 Å². The van der Waals surface area contributed by atoms with Crippen LogP contribution >= 0.6 is 0 Å². The molecule has 0 N–H and O–H groups in total. The lowest BCUT2D eigenvalue weighted by atomic mass is 10.0. The number of hydrogen-bond donors (Lipinski definition) is 0. The Morgan fingerprint density at radius 3 is 2.72 bits per heavy atom. The minimum Gasteiger partial charge on any atom is -0.350 e. The maximum absolute atomic E-state index is 14.0. The second-order valence-corrected chi connectivity index (χ2v) is 8.09. The van der Waals surface area contributed by atoms with Gasteiger partial charge in [-0.05, 0) is 37.1 Å². The number of benzene rings is 2. The Morgan fingerprint density at radius 2 is 1.90 bits per heavy atom. The number of hydrogen-bond acceptors (Lipinski definition) is 2. The Hall–Kier alpha value is -2.66. The summed E-state index contributed by atoms with van der Waals surface area (Å²) in [6, 6.07) is 15.3. The average Bonchev–Trinajstić information content (AvgIpc) is 3.05. The van der Waals surface area contributed by atoms with Gasteiger partial charge in [-0.2, -0.15) is 0 Å². The molecule has 1 unspecified atom stereocenters. The highest BCUT2D eigenvalue weighted by Crippen LogP contribution is 2.23. The van der Waals surface area contributed by atoms with Crippen LogP contribution in [0.15, 0.2) is 54.7 Å². The van der Waals surface area contributed by atoms with Crippen LogP contribution in [0.1, 0.15) is 24.0 Å². The van der Waals surface area contributed by atoms with Crippen molar-refractivity contribution in [1.82, 2.24) is 14.4 Å². The minimum absolute atomic E-state index is 0.138. The van der Waals surface area contributed by atoms with E-state index in [1.54, 1.807) is 6.07 Å². The van der Waals surface area contributed by atoms with Crippen LogP contribution in [0.5, 0.6) is 0 Å². The van der Waals surface area contributed by atoms with Gasteiger partial charge < -0.3 is 9.47 Å². The second kappa shape index (κ2) is 8.37. The van der Waals surface area contributed by atoms with Gasteiger partial charge in [-0.25, -0.2) is 4.39 Å². The number of halogens is 1. The van der Waals surface area contributed by atoms with Crippen LogP contribution < -0.4 is 0 Å². The summed E-state index contributed by atoms with van der Waals surface area (Å²) >= 11 is 0. The molecule has 0 radical (unpaired) electrons. The minimum atomic E-state index is -0.157. The summed E-state index contributed by atoms with van der Waals surface area (Å²) in [7, 11) is 3.92. The topological polar surface area (TPSA) is 28.5 Å².